The minimum atomic E-state index is -3.59. The number of methoxy groups -OCH3 is 2. The fourth-order valence-corrected chi connectivity index (χ4v) is 2.41. The number of alkyl halides is 1. The molecule has 1 heterocycles. The number of hydrogen-bond donors (Lipinski definition) is 0. The molecule has 7 nitrogen and oxygen atoms in total. The van der Waals surface area contributed by atoms with E-state index in [0.29, 0.717) is 6.42 Å². The van der Waals surface area contributed by atoms with Gasteiger partial charge < -0.3 is 9.47 Å². The molecule has 1 aromatic rings. The van der Waals surface area contributed by atoms with Gasteiger partial charge in [0.05, 0.1) is 20.0 Å². The maximum absolute atomic E-state index is 11.8. The Bertz CT molecular complexity index is 457. The molecule has 0 amide bonds. The topological polar surface area (TPSA) is 91.3 Å². The van der Waals surface area contributed by atoms with Gasteiger partial charge in [0.1, 0.15) is 0 Å². The Morgan fingerprint density at radius 1 is 1.12 bits per heavy atom. The number of nitrogens with zero attached hydrogens (tertiary/aromatic N) is 3. The van der Waals surface area contributed by atoms with Crippen molar-refractivity contribution < 1.29 is 17.9 Å². The van der Waals surface area contributed by atoms with E-state index >= 15 is 0 Å². The van der Waals surface area contributed by atoms with Gasteiger partial charge in [0, 0.05) is 5.88 Å². The van der Waals surface area contributed by atoms with Crippen LogP contribution in [0.1, 0.15) is 6.42 Å². The van der Waals surface area contributed by atoms with Crippen LogP contribution < -0.4 is 9.47 Å². The van der Waals surface area contributed by atoms with E-state index in [1.54, 1.807) is 0 Å². The molecule has 1 rings (SSSR count). The average Bonchev–Trinajstić information content (AvgIpc) is 2.35. The smallest absolute Gasteiger partial charge is 0.323 e. The molecule has 96 valence electrons. The van der Waals surface area contributed by atoms with Gasteiger partial charge in [0.2, 0.25) is 9.84 Å². The lowest BCUT2D eigenvalue weighted by molar-refractivity contribution is 0.330. The van der Waals surface area contributed by atoms with Crippen LogP contribution in [0.15, 0.2) is 5.16 Å². The van der Waals surface area contributed by atoms with Crippen LogP contribution >= 0.6 is 11.6 Å². The van der Waals surface area contributed by atoms with Crippen molar-refractivity contribution >= 4 is 21.4 Å². The number of rotatable bonds is 6. The second-order valence-corrected chi connectivity index (χ2v) is 5.33. The second kappa shape index (κ2) is 5.97. The molecule has 0 spiro atoms. The molecule has 0 aromatic carbocycles. The van der Waals surface area contributed by atoms with Gasteiger partial charge in [0.25, 0.3) is 5.16 Å². The first-order valence-corrected chi connectivity index (χ1v) is 6.85. The van der Waals surface area contributed by atoms with Gasteiger partial charge in [-0.25, -0.2) is 8.42 Å². The third kappa shape index (κ3) is 3.67. The van der Waals surface area contributed by atoms with E-state index < -0.39 is 9.84 Å². The van der Waals surface area contributed by atoms with E-state index in [9.17, 15) is 8.42 Å². The third-order valence-electron chi connectivity index (χ3n) is 1.76. The molecule has 1 aromatic heterocycles. The van der Waals surface area contributed by atoms with Crippen LogP contribution in [0.4, 0.5) is 0 Å². The van der Waals surface area contributed by atoms with Gasteiger partial charge in [-0.15, -0.1) is 16.6 Å². The molecule has 0 aliphatic rings. The molecular weight excluding hydrogens is 270 g/mol. The Morgan fingerprint density at radius 3 is 2.06 bits per heavy atom. The normalized spacial score (nSPS) is 11.2. The third-order valence-corrected chi connectivity index (χ3v) is 3.60. The highest BCUT2D eigenvalue weighted by molar-refractivity contribution is 7.91. The standard InChI is InChI=1S/C8H12ClN3O4S/c1-15-6-10-7(16-2)12-8(11-6)17(13,14)5-3-4-9/h3-5H2,1-2H3. The minimum absolute atomic E-state index is 0.110. The van der Waals surface area contributed by atoms with Crippen LogP contribution in [0, 0.1) is 0 Å². The van der Waals surface area contributed by atoms with Gasteiger partial charge in [-0.3, -0.25) is 0 Å². The summed E-state index contributed by atoms with van der Waals surface area (Å²) < 4.78 is 33.1. The first kappa shape index (κ1) is 13.9. The molecular formula is C8H12ClN3O4S. The molecule has 0 saturated carbocycles. The van der Waals surface area contributed by atoms with Crippen molar-refractivity contribution in [1.29, 1.82) is 0 Å². The predicted octanol–water partition coefficient (Wildman–Crippen LogP) is 0.291. The van der Waals surface area contributed by atoms with Crippen LogP contribution in [-0.4, -0.2) is 49.2 Å². The highest BCUT2D eigenvalue weighted by atomic mass is 35.5. The second-order valence-electron chi connectivity index (χ2n) is 2.95. The predicted molar refractivity (Wildman–Crippen MR) is 60.3 cm³/mol. The summed E-state index contributed by atoms with van der Waals surface area (Å²) in [5.41, 5.74) is 0. The first-order valence-electron chi connectivity index (χ1n) is 4.66. The number of halogens is 1. The van der Waals surface area contributed by atoms with Crippen molar-refractivity contribution in [3.8, 4) is 12.0 Å². The summed E-state index contributed by atoms with van der Waals surface area (Å²) in [6, 6.07) is -0.220. The first-order chi connectivity index (χ1) is 8.03. The van der Waals surface area contributed by atoms with E-state index in [0.717, 1.165) is 0 Å². The van der Waals surface area contributed by atoms with Crippen LogP contribution in [-0.2, 0) is 9.84 Å². The van der Waals surface area contributed by atoms with Gasteiger partial charge in [0.15, 0.2) is 0 Å². The molecule has 0 aliphatic heterocycles. The van der Waals surface area contributed by atoms with Crippen molar-refractivity contribution in [3.63, 3.8) is 0 Å². The lowest BCUT2D eigenvalue weighted by atomic mass is 10.6. The Hall–Kier alpha value is -1.15. The van der Waals surface area contributed by atoms with Gasteiger partial charge >= 0.3 is 12.0 Å². The number of aromatic nitrogens is 3. The molecule has 0 radical (unpaired) electrons. The average molecular weight is 282 g/mol. The highest BCUT2D eigenvalue weighted by Gasteiger charge is 2.20. The molecule has 9 heteroatoms. The maximum Gasteiger partial charge on any atom is 0.323 e. The van der Waals surface area contributed by atoms with Gasteiger partial charge in [-0.2, -0.15) is 9.97 Å². The lowest BCUT2D eigenvalue weighted by Crippen LogP contribution is -2.13. The van der Waals surface area contributed by atoms with Crippen LogP contribution in [0.2, 0.25) is 0 Å². The fourth-order valence-electron chi connectivity index (χ4n) is 0.978. The molecule has 0 atom stereocenters. The Morgan fingerprint density at radius 2 is 1.65 bits per heavy atom. The lowest BCUT2D eigenvalue weighted by Gasteiger charge is -2.05. The summed E-state index contributed by atoms with van der Waals surface area (Å²) >= 11 is 5.45. The number of ether oxygens (including phenoxy) is 2. The van der Waals surface area contributed by atoms with Crippen molar-refractivity contribution in [2.24, 2.45) is 0 Å². The summed E-state index contributed by atoms with van der Waals surface area (Å²) in [5, 5.41) is -0.369. The summed E-state index contributed by atoms with van der Waals surface area (Å²) in [7, 11) is -0.948. The highest BCUT2D eigenvalue weighted by Crippen LogP contribution is 2.14. The van der Waals surface area contributed by atoms with Crippen molar-refractivity contribution in [3.05, 3.63) is 0 Å². The minimum Gasteiger partial charge on any atom is -0.467 e. The molecule has 0 fully saturated rings. The van der Waals surface area contributed by atoms with Crippen molar-refractivity contribution in [1.82, 2.24) is 15.0 Å². The molecule has 0 saturated heterocycles. The van der Waals surface area contributed by atoms with Crippen LogP contribution in [0.3, 0.4) is 0 Å². The summed E-state index contributed by atoms with van der Waals surface area (Å²) in [4.78, 5) is 11.0. The maximum atomic E-state index is 11.8. The van der Waals surface area contributed by atoms with Crippen LogP contribution in [0.5, 0.6) is 12.0 Å². The zero-order valence-corrected chi connectivity index (χ0v) is 11.0. The molecule has 17 heavy (non-hydrogen) atoms. The number of sulfone groups is 1. The SMILES string of the molecule is COc1nc(OC)nc(S(=O)(=O)CCCCl)n1. The fraction of sp³-hybridized carbons (Fsp3) is 0.625. The zero-order valence-electron chi connectivity index (χ0n) is 9.38. The van der Waals surface area contributed by atoms with E-state index in [1.807, 2.05) is 0 Å². The van der Waals surface area contributed by atoms with Crippen LogP contribution in [0.25, 0.3) is 0 Å². The molecule has 0 unspecified atom stereocenters. The van der Waals surface area contributed by atoms with E-state index in [-0.39, 0.29) is 28.8 Å². The van der Waals surface area contributed by atoms with E-state index in [2.05, 4.69) is 15.0 Å². The summed E-state index contributed by atoms with van der Waals surface area (Å²) in [5.74, 6) is 0.116. The number of hydrogen-bond acceptors (Lipinski definition) is 7. The largest absolute Gasteiger partial charge is 0.467 e. The monoisotopic (exact) mass is 281 g/mol. The summed E-state index contributed by atoms with van der Waals surface area (Å²) in [6.07, 6.45) is 0.320. The Labute approximate surface area is 104 Å². The molecule has 0 bridgehead atoms. The van der Waals surface area contributed by atoms with Crippen molar-refractivity contribution in [2.45, 2.75) is 11.6 Å². The Kier molecular flexibility index (Phi) is 4.88. The molecule has 0 aliphatic carbocycles. The van der Waals surface area contributed by atoms with Crippen molar-refractivity contribution in [2.75, 3.05) is 25.9 Å². The van der Waals surface area contributed by atoms with Gasteiger partial charge in [-0.1, -0.05) is 0 Å². The Balaban J connectivity index is 3.12. The quantitative estimate of drug-likeness (QED) is 0.692. The molecule has 0 N–H and O–H groups in total. The zero-order chi connectivity index (χ0) is 12.9. The van der Waals surface area contributed by atoms with E-state index in [4.69, 9.17) is 21.1 Å². The summed E-state index contributed by atoms with van der Waals surface area (Å²) in [6.45, 7) is 0. The van der Waals surface area contributed by atoms with E-state index in [1.165, 1.54) is 14.2 Å². The van der Waals surface area contributed by atoms with Gasteiger partial charge in [-0.05, 0) is 6.42 Å².